The standard InChI is InChI=1S/C13H20N2O3/c1-17-7-6-12(14)13(16)15-9-10-4-3-5-11(8-10)18-2/h3-5,8,12H,6-7,9,14H2,1-2H3,(H,15,16). The van der Waals surface area contributed by atoms with Crippen LogP contribution in [0.2, 0.25) is 0 Å². The van der Waals surface area contributed by atoms with Gasteiger partial charge in [0, 0.05) is 20.3 Å². The van der Waals surface area contributed by atoms with Gasteiger partial charge in [-0.05, 0) is 24.1 Å². The quantitative estimate of drug-likeness (QED) is 0.748. The highest BCUT2D eigenvalue weighted by atomic mass is 16.5. The van der Waals surface area contributed by atoms with Gasteiger partial charge in [0.25, 0.3) is 0 Å². The Balaban J connectivity index is 2.41. The third-order valence-electron chi connectivity index (χ3n) is 2.57. The zero-order valence-electron chi connectivity index (χ0n) is 10.8. The molecule has 18 heavy (non-hydrogen) atoms. The van der Waals surface area contributed by atoms with Gasteiger partial charge in [-0.1, -0.05) is 12.1 Å². The number of methoxy groups -OCH3 is 2. The van der Waals surface area contributed by atoms with Gasteiger partial charge >= 0.3 is 0 Å². The minimum Gasteiger partial charge on any atom is -0.497 e. The normalized spacial score (nSPS) is 11.9. The van der Waals surface area contributed by atoms with Crippen molar-refractivity contribution in [2.24, 2.45) is 5.73 Å². The molecule has 0 aromatic heterocycles. The minimum atomic E-state index is -0.532. The molecule has 5 nitrogen and oxygen atoms in total. The highest BCUT2D eigenvalue weighted by Crippen LogP contribution is 2.12. The highest BCUT2D eigenvalue weighted by molar-refractivity contribution is 5.81. The van der Waals surface area contributed by atoms with Gasteiger partial charge in [-0.2, -0.15) is 0 Å². The molecule has 0 aliphatic heterocycles. The maximum absolute atomic E-state index is 11.7. The predicted molar refractivity (Wildman–Crippen MR) is 69.3 cm³/mol. The first-order valence-electron chi connectivity index (χ1n) is 5.82. The maximum atomic E-state index is 11.7. The van der Waals surface area contributed by atoms with Crippen molar-refractivity contribution >= 4 is 5.91 Å². The number of nitrogens with two attached hydrogens (primary N) is 1. The van der Waals surface area contributed by atoms with E-state index >= 15 is 0 Å². The first kappa shape index (κ1) is 14.5. The number of hydrogen-bond acceptors (Lipinski definition) is 4. The van der Waals surface area contributed by atoms with E-state index in [4.69, 9.17) is 15.2 Å². The van der Waals surface area contributed by atoms with Crippen molar-refractivity contribution in [2.75, 3.05) is 20.8 Å². The minimum absolute atomic E-state index is 0.171. The van der Waals surface area contributed by atoms with Crippen LogP contribution in [0.5, 0.6) is 5.75 Å². The summed E-state index contributed by atoms with van der Waals surface area (Å²) in [4.78, 5) is 11.7. The average Bonchev–Trinajstić information content (AvgIpc) is 2.42. The van der Waals surface area contributed by atoms with Gasteiger partial charge in [-0.3, -0.25) is 4.79 Å². The molecule has 0 heterocycles. The molecule has 0 aliphatic rings. The Hall–Kier alpha value is -1.59. The van der Waals surface area contributed by atoms with Crippen LogP contribution in [0.3, 0.4) is 0 Å². The number of amides is 1. The first-order chi connectivity index (χ1) is 8.67. The second-order valence-corrected chi connectivity index (χ2v) is 3.96. The lowest BCUT2D eigenvalue weighted by Crippen LogP contribution is -2.40. The lowest BCUT2D eigenvalue weighted by Gasteiger charge is -2.12. The predicted octanol–water partition coefficient (Wildman–Crippen LogP) is 0.675. The Morgan fingerprint density at radius 2 is 2.22 bits per heavy atom. The van der Waals surface area contributed by atoms with Crippen LogP contribution in [0.15, 0.2) is 24.3 Å². The van der Waals surface area contributed by atoms with Crippen molar-refractivity contribution in [3.8, 4) is 5.75 Å². The number of carbonyl (C=O) groups is 1. The van der Waals surface area contributed by atoms with Crippen molar-refractivity contribution in [1.82, 2.24) is 5.32 Å². The first-order valence-corrected chi connectivity index (χ1v) is 5.82. The van der Waals surface area contributed by atoms with Crippen molar-refractivity contribution in [3.05, 3.63) is 29.8 Å². The van der Waals surface area contributed by atoms with Crippen LogP contribution in [0.1, 0.15) is 12.0 Å². The fourth-order valence-corrected chi connectivity index (χ4v) is 1.48. The van der Waals surface area contributed by atoms with Crippen LogP contribution < -0.4 is 15.8 Å². The van der Waals surface area contributed by atoms with Gasteiger partial charge in [-0.25, -0.2) is 0 Å². The summed E-state index contributed by atoms with van der Waals surface area (Å²) in [5.41, 5.74) is 6.68. The molecule has 0 radical (unpaired) electrons. The molecular weight excluding hydrogens is 232 g/mol. The van der Waals surface area contributed by atoms with Crippen LogP contribution in [0, 0.1) is 0 Å². The zero-order valence-corrected chi connectivity index (χ0v) is 10.8. The van der Waals surface area contributed by atoms with Crippen LogP contribution in [-0.4, -0.2) is 32.8 Å². The van der Waals surface area contributed by atoms with Crippen molar-refractivity contribution in [3.63, 3.8) is 0 Å². The lowest BCUT2D eigenvalue weighted by molar-refractivity contribution is -0.122. The summed E-state index contributed by atoms with van der Waals surface area (Å²) in [5.74, 6) is 0.598. The SMILES string of the molecule is COCCC(N)C(=O)NCc1cccc(OC)c1. The number of rotatable bonds is 7. The average molecular weight is 252 g/mol. The van der Waals surface area contributed by atoms with Crippen molar-refractivity contribution in [2.45, 2.75) is 19.0 Å². The second-order valence-electron chi connectivity index (χ2n) is 3.96. The molecule has 0 saturated carbocycles. The molecule has 0 spiro atoms. The monoisotopic (exact) mass is 252 g/mol. The van der Waals surface area contributed by atoms with E-state index in [9.17, 15) is 4.79 Å². The van der Waals surface area contributed by atoms with Crippen LogP contribution in [0.25, 0.3) is 0 Å². The molecule has 1 atom stereocenters. The third kappa shape index (κ3) is 4.73. The Morgan fingerprint density at radius 3 is 2.89 bits per heavy atom. The number of nitrogens with one attached hydrogen (secondary N) is 1. The van der Waals surface area contributed by atoms with E-state index in [2.05, 4.69) is 5.32 Å². The Morgan fingerprint density at radius 1 is 1.44 bits per heavy atom. The third-order valence-corrected chi connectivity index (χ3v) is 2.57. The smallest absolute Gasteiger partial charge is 0.237 e. The van der Waals surface area contributed by atoms with Crippen LogP contribution in [0.4, 0.5) is 0 Å². The number of benzene rings is 1. The zero-order chi connectivity index (χ0) is 13.4. The Labute approximate surface area is 107 Å². The fourth-order valence-electron chi connectivity index (χ4n) is 1.48. The summed E-state index contributed by atoms with van der Waals surface area (Å²) in [7, 11) is 3.19. The number of carbonyl (C=O) groups excluding carboxylic acids is 1. The molecule has 3 N–H and O–H groups in total. The number of hydrogen-bond donors (Lipinski definition) is 2. The molecule has 0 saturated heterocycles. The van der Waals surface area contributed by atoms with E-state index < -0.39 is 6.04 Å². The Bertz CT molecular complexity index is 382. The summed E-state index contributed by atoms with van der Waals surface area (Å²) in [5, 5.41) is 2.78. The van der Waals surface area contributed by atoms with E-state index in [1.54, 1.807) is 14.2 Å². The fraction of sp³-hybridized carbons (Fsp3) is 0.462. The summed E-state index contributed by atoms with van der Waals surface area (Å²) in [6.45, 7) is 0.921. The van der Waals surface area contributed by atoms with E-state index in [1.165, 1.54) is 0 Å². The highest BCUT2D eigenvalue weighted by Gasteiger charge is 2.12. The van der Waals surface area contributed by atoms with Crippen molar-refractivity contribution in [1.29, 1.82) is 0 Å². The molecule has 0 fully saturated rings. The molecule has 0 bridgehead atoms. The van der Waals surface area contributed by atoms with Crippen LogP contribution in [-0.2, 0) is 16.1 Å². The maximum Gasteiger partial charge on any atom is 0.237 e. The Kier molecular flexibility index (Phi) is 6.18. The van der Waals surface area contributed by atoms with Gasteiger partial charge in [0.15, 0.2) is 0 Å². The van der Waals surface area contributed by atoms with Gasteiger partial charge < -0.3 is 20.5 Å². The molecule has 1 unspecified atom stereocenters. The van der Waals surface area contributed by atoms with Gasteiger partial charge in [0.05, 0.1) is 13.2 Å². The van der Waals surface area contributed by atoms with Gasteiger partial charge in [0.2, 0.25) is 5.91 Å². The summed E-state index contributed by atoms with van der Waals surface area (Å²) >= 11 is 0. The second kappa shape index (κ2) is 7.68. The summed E-state index contributed by atoms with van der Waals surface area (Å²) in [6.07, 6.45) is 0.514. The topological polar surface area (TPSA) is 73.6 Å². The molecule has 1 rings (SSSR count). The lowest BCUT2D eigenvalue weighted by atomic mass is 10.2. The molecule has 5 heteroatoms. The van der Waals surface area contributed by atoms with Gasteiger partial charge in [-0.15, -0.1) is 0 Å². The van der Waals surface area contributed by atoms with E-state index in [0.29, 0.717) is 19.6 Å². The summed E-state index contributed by atoms with van der Waals surface area (Å²) in [6, 6.07) is 7.00. The molecule has 0 aliphatic carbocycles. The molecule has 1 amide bonds. The van der Waals surface area contributed by atoms with Gasteiger partial charge in [0.1, 0.15) is 5.75 Å². The molecular formula is C13H20N2O3. The summed E-state index contributed by atoms with van der Waals surface area (Å²) < 4.78 is 9.99. The van der Waals surface area contributed by atoms with E-state index in [1.807, 2.05) is 24.3 Å². The molecule has 1 aromatic carbocycles. The van der Waals surface area contributed by atoms with E-state index in [-0.39, 0.29) is 5.91 Å². The largest absolute Gasteiger partial charge is 0.497 e. The molecule has 100 valence electrons. The van der Waals surface area contributed by atoms with Crippen LogP contribution >= 0.6 is 0 Å². The molecule has 1 aromatic rings. The number of ether oxygens (including phenoxy) is 2. The van der Waals surface area contributed by atoms with Crippen molar-refractivity contribution < 1.29 is 14.3 Å². The van der Waals surface area contributed by atoms with E-state index in [0.717, 1.165) is 11.3 Å².